The van der Waals surface area contributed by atoms with Crippen LogP contribution >= 0.6 is 0 Å². The van der Waals surface area contributed by atoms with Gasteiger partial charge in [0.2, 0.25) is 5.91 Å². The molecule has 32 heavy (non-hydrogen) atoms. The molecule has 7 nitrogen and oxygen atoms in total. The molecule has 4 rings (SSSR count). The second-order valence-electron chi connectivity index (χ2n) is 7.57. The van der Waals surface area contributed by atoms with Crippen LogP contribution in [0.1, 0.15) is 17.4 Å². The van der Waals surface area contributed by atoms with Gasteiger partial charge in [0.15, 0.2) is 0 Å². The summed E-state index contributed by atoms with van der Waals surface area (Å²) in [5.41, 5.74) is 1.77. The fourth-order valence-corrected chi connectivity index (χ4v) is 3.85. The smallest absolute Gasteiger partial charge is 0.356 e. The number of nitrogens with one attached hydrogen (secondary N) is 2. The van der Waals surface area contributed by atoms with E-state index in [2.05, 4.69) is 15.2 Å². The van der Waals surface area contributed by atoms with E-state index in [-0.39, 0.29) is 36.3 Å². The normalized spacial score (nSPS) is 14.5. The summed E-state index contributed by atoms with van der Waals surface area (Å²) in [4.78, 5) is 32.1. The number of carbonyl (C=O) groups is 2. The van der Waals surface area contributed by atoms with Crippen LogP contribution < -0.4 is 10.2 Å². The van der Waals surface area contributed by atoms with E-state index in [9.17, 15) is 18.4 Å². The topological polar surface area (TPSA) is 77.7 Å². The van der Waals surface area contributed by atoms with Gasteiger partial charge in [-0.2, -0.15) is 0 Å². The van der Waals surface area contributed by atoms with Crippen LogP contribution in [-0.2, 0) is 9.53 Å². The molecular formula is C23H24F2N4O3. The van der Waals surface area contributed by atoms with Crippen LogP contribution in [0.3, 0.4) is 0 Å². The number of benzene rings is 2. The number of halogens is 2. The lowest BCUT2D eigenvalue weighted by molar-refractivity contribution is -0.117. The summed E-state index contributed by atoms with van der Waals surface area (Å²) in [6.07, 6.45) is 0. The summed E-state index contributed by atoms with van der Waals surface area (Å²) in [7, 11) is 0. The number of rotatable bonds is 6. The van der Waals surface area contributed by atoms with Crippen LogP contribution in [0.25, 0.3) is 10.9 Å². The van der Waals surface area contributed by atoms with Crippen LogP contribution in [0.15, 0.2) is 42.5 Å². The molecular weight excluding hydrogens is 418 g/mol. The number of carbonyl (C=O) groups excluding carboxylic acids is 2. The third-order valence-electron chi connectivity index (χ3n) is 5.44. The molecule has 1 aliphatic rings. The molecule has 0 aliphatic carbocycles. The van der Waals surface area contributed by atoms with E-state index in [1.807, 2.05) is 4.90 Å². The zero-order chi connectivity index (χ0) is 22.7. The fourth-order valence-electron chi connectivity index (χ4n) is 3.85. The van der Waals surface area contributed by atoms with E-state index in [0.717, 1.165) is 5.69 Å². The van der Waals surface area contributed by atoms with Crippen molar-refractivity contribution in [3.63, 3.8) is 0 Å². The minimum absolute atomic E-state index is 0.0851. The van der Waals surface area contributed by atoms with Crippen molar-refractivity contribution < 1.29 is 23.1 Å². The standard InChI is InChI=1S/C23H24F2N4O3/c1-2-32-23(31)22-21(18-13-16(25)5-8-19(18)26-22)27-20(30)14-28-9-11-29(12-10-28)17-6-3-15(24)4-7-17/h3-8,13,26H,2,9-12,14H2,1H3,(H,27,30). The van der Waals surface area contributed by atoms with Crippen molar-refractivity contribution in [3.8, 4) is 0 Å². The Morgan fingerprint density at radius 3 is 2.41 bits per heavy atom. The van der Waals surface area contributed by atoms with Crippen molar-refractivity contribution in [3.05, 3.63) is 59.8 Å². The van der Waals surface area contributed by atoms with Gasteiger partial charge >= 0.3 is 5.97 Å². The number of hydrogen-bond donors (Lipinski definition) is 2. The Labute approximate surface area is 183 Å². The Hall–Kier alpha value is -3.46. The molecule has 1 amide bonds. The van der Waals surface area contributed by atoms with Crippen molar-refractivity contribution in [1.29, 1.82) is 0 Å². The van der Waals surface area contributed by atoms with Gasteiger partial charge in [-0.3, -0.25) is 9.69 Å². The zero-order valence-corrected chi connectivity index (χ0v) is 17.7. The summed E-state index contributed by atoms with van der Waals surface area (Å²) in [5, 5.41) is 3.17. The van der Waals surface area contributed by atoms with Gasteiger partial charge in [0, 0.05) is 42.8 Å². The predicted molar refractivity (Wildman–Crippen MR) is 118 cm³/mol. The average molecular weight is 442 g/mol. The Kier molecular flexibility index (Phi) is 6.36. The number of anilines is 2. The molecule has 2 N–H and O–H groups in total. The molecule has 2 aromatic carbocycles. The first kappa shape index (κ1) is 21.8. The van der Waals surface area contributed by atoms with Crippen LogP contribution in [0.4, 0.5) is 20.2 Å². The molecule has 9 heteroatoms. The third kappa shape index (κ3) is 4.72. The van der Waals surface area contributed by atoms with Crippen molar-refractivity contribution in [1.82, 2.24) is 9.88 Å². The van der Waals surface area contributed by atoms with Gasteiger partial charge in [-0.1, -0.05) is 0 Å². The molecule has 0 atom stereocenters. The molecule has 1 fully saturated rings. The lowest BCUT2D eigenvalue weighted by Crippen LogP contribution is -2.48. The lowest BCUT2D eigenvalue weighted by Gasteiger charge is -2.35. The van der Waals surface area contributed by atoms with Crippen molar-refractivity contribution >= 4 is 34.2 Å². The van der Waals surface area contributed by atoms with E-state index in [4.69, 9.17) is 4.74 Å². The average Bonchev–Trinajstić information content (AvgIpc) is 3.12. The molecule has 1 aromatic heterocycles. The number of esters is 1. The number of amides is 1. The summed E-state index contributed by atoms with van der Waals surface area (Å²) in [5.74, 6) is -1.68. The van der Waals surface area contributed by atoms with Crippen molar-refractivity contribution in [2.75, 3.05) is 49.5 Å². The molecule has 0 radical (unpaired) electrons. The highest BCUT2D eigenvalue weighted by Gasteiger charge is 2.23. The number of hydrogen-bond acceptors (Lipinski definition) is 5. The summed E-state index contributed by atoms with van der Waals surface area (Å²) < 4.78 is 32.0. The molecule has 0 unspecified atom stereocenters. The molecule has 2 heterocycles. The summed E-state index contributed by atoms with van der Waals surface area (Å²) in [6.45, 7) is 4.69. The number of H-pyrrole nitrogens is 1. The first-order valence-electron chi connectivity index (χ1n) is 10.5. The monoisotopic (exact) mass is 442 g/mol. The predicted octanol–water partition coefficient (Wildman–Crippen LogP) is 3.38. The maximum atomic E-state index is 13.8. The van der Waals surface area contributed by atoms with E-state index >= 15 is 0 Å². The Balaban J connectivity index is 1.43. The number of nitrogens with zero attached hydrogens (tertiary/aromatic N) is 2. The SMILES string of the molecule is CCOC(=O)c1[nH]c2ccc(F)cc2c1NC(=O)CN1CCN(c2ccc(F)cc2)CC1. The van der Waals surface area contributed by atoms with Gasteiger partial charge in [0.1, 0.15) is 17.3 Å². The van der Waals surface area contributed by atoms with Crippen molar-refractivity contribution in [2.45, 2.75) is 6.92 Å². The molecule has 1 saturated heterocycles. The van der Waals surface area contributed by atoms with Gasteiger partial charge < -0.3 is 19.9 Å². The Morgan fingerprint density at radius 1 is 1.03 bits per heavy atom. The van der Waals surface area contributed by atoms with Crippen LogP contribution in [-0.4, -0.2) is 61.1 Å². The first-order chi connectivity index (χ1) is 15.4. The van der Waals surface area contributed by atoms with Crippen LogP contribution in [0, 0.1) is 11.6 Å². The molecule has 0 spiro atoms. The van der Waals surface area contributed by atoms with E-state index in [1.54, 1.807) is 19.1 Å². The number of fused-ring (bicyclic) bond motifs is 1. The minimum Gasteiger partial charge on any atom is -0.461 e. The number of ether oxygens (including phenoxy) is 1. The second kappa shape index (κ2) is 9.35. The maximum absolute atomic E-state index is 13.8. The fraction of sp³-hybridized carbons (Fsp3) is 0.304. The third-order valence-corrected chi connectivity index (χ3v) is 5.44. The Bertz CT molecular complexity index is 1120. The maximum Gasteiger partial charge on any atom is 0.356 e. The van der Waals surface area contributed by atoms with Crippen LogP contribution in [0.5, 0.6) is 0 Å². The molecule has 0 bridgehead atoms. The largest absolute Gasteiger partial charge is 0.461 e. The minimum atomic E-state index is -0.618. The van der Waals surface area contributed by atoms with Gasteiger partial charge in [-0.25, -0.2) is 13.6 Å². The highest BCUT2D eigenvalue weighted by molar-refractivity contribution is 6.11. The van der Waals surface area contributed by atoms with E-state index in [0.29, 0.717) is 37.1 Å². The Morgan fingerprint density at radius 2 is 1.72 bits per heavy atom. The number of piperazine rings is 1. The van der Waals surface area contributed by atoms with Gasteiger partial charge in [0.05, 0.1) is 18.8 Å². The zero-order valence-electron chi connectivity index (χ0n) is 17.7. The summed E-state index contributed by atoms with van der Waals surface area (Å²) in [6, 6.07) is 10.4. The quantitative estimate of drug-likeness (QED) is 0.573. The molecule has 0 saturated carbocycles. The number of aromatic nitrogens is 1. The lowest BCUT2D eigenvalue weighted by atomic mass is 10.2. The highest BCUT2D eigenvalue weighted by Crippen LogP contribution is 2.29. The van der Waals surface area contributed by atoms with Gasteiger partial charge in [0.25, 0.3) is 0 Å². The number of aromatic amines is 1. The summed E-state index contributed by atoms with van der Waals surface area (Å²) >= 11 is 0. The first-order valence-corrected chi connectivity index (χ1v) is 10.5. The highest BCUT2D eigenvalue weighted by atomic mass is 19.1. The van der Waals surface area contributed by atoms with Crippen LogP contribution in [0.2, 0.25) is 0 Å². The van der Waals surface area contributed by atoms with Gasteiger partial charge in [-0.05, 0) is 49.4 Å². The van der Waals surface area contributed by atoms with E-state index < -0.39 is 11.8 Å². The second-order valence-corrected chi connectivity index (χ2v) is 7.57. The van der Waals surface area contributed by atoms with Crippen molar-refractivity contribution in [2.24, 2.45) is 0 Å². The molecule has 3 aromatic rings. The molecule has 1 aliphatic heterocycles. The van der Waals surface area contributed by atoms with E-state index in [1.165, 1.54) is 30.3 Å². The van der Waals surface area contributed by atoms with Gasteiger partial charge in [-0.15, -0.1) is 0 Å². The molecule has 168 valence electrons.